The summed E-state index contributed by atoms with van der Waals surface area (Å²) in [5.41, 5.74) is 16.7. The van der Waals surface area contributed by atoms with E-state index in [0.29, 0.717) is 0 Å². The molecule has 4 nitrogen and oxygen atoms in total. The Labute approximate surface area is 380 Å². The van der Waals surface area contributed by atoms with Gasteiger partial charge in [-0.25, -0.2) is 0 Å². The minimum atomic E-state index is 0.755. The number of allylic oxidation sites excluding steroid dienone is 3. The van der Waals surface area contributed by atoms with Gasteiger partial charge < -0.3 is 19.3 Å². The quantitative estimate of drug-likeness (QED) is 0.144. The lowest BCUT2D eigenvalue weighted by Crippen LogP contribution is -2.16. The van der Waals surface area contributed by atoms with Gasteiger partial charge in [0, 0.05) is 67.7 Å². The minimum Gasteiger partial charge on any atom is -0.311 e. The summed E-state index contributed by atoms with van der Waals surface area (Å²) in [7, 11) is 0. The Hall–Kier alpha value is -8.60. The number of hydrogen-bond acceptors (Lipinski definition) is 3. The Morgan fingerprint density at radius 1 is 0.385 bits per heavy atom. The lowest BCUT2D eigenvalue weighted by molar-refractivity contribution is 1.15. The summed E-state index contributed by atoms with van der Waals surface area (Å²) in [4.78, 5) is 6.94. The van der Waals surface area contributed by atoms with Gasteiger partial charge in [-0.15, -0.1) is 0 Å². The molecule has 0 unspecified atom stereocenters. The predicted octanol–water partition coefficient (Wildman–Crippen LogP) is 16.4. The van der Waals surface area contributed by atoms with Gasteiger partial charge in [-0.2, -0.15) is 0 Å². The standard InChI is InChI=1S/C61H46N4/c1-45-30-36-53(41-35-48-18-14-16-28-59(48)62(45)49-19-6-2-7-20-49)63(50-21-8-3-9-22-50)54-37-31-46(32-38-54)47-33-39-55(40-34-47)64(51-23-10-4-11-24-51)56-42-43-61-58(44-56)57-27-15-17-29-60(57)65(61)52-25-12-5-13-26-52/h2-34,36-44H,1,35H2/b36-30-,53-41+. The van der Waals surface area contributed by atoms with Crippen molar-refractivity contribution in [1.82, 2.24) is 4.57 Å². The molecule has 10 aromatic rings. The molecular formula is C61H46N4. The molecule has 11 rings (SSSR count). The molecule has 310 valence electrons. The Morgan fingerprint density at radius 2 is 0.877 bits per heavy atom. The van der Waals surface area contributed by atoms with Crippen molar-refractivity contribution < 1.29 is 0 Å². The molecule has 1 aromatic heterocycles. The fraction of sp³-hybridized carbons (Fsp3) is 0.0164. The van der Waals surface area contributed by atoms with Crippen LogP contribution < -0.4 is 14.7 Å². The van der Waals surface area contributed by atoms with Crippen molar-refractivity contribution >= 4 is 61.6 Å². The summed E-state index contributed by atoms with van der Waals surface area (Å²) >= 11 is 0. The minimum absolute atomic E-state index is 0.755. The smallest absolute Gasteiger partial charge is 0.0542 e. The van der Waals surface area contributed by atoms with Crippen molar-refractivity contribution in [1.29, 1.82) is 0 Å². The second-order valence-electron chi connectivity index (χ2n) is 16.3. The highest BCUT2D eigenvalue weighted by atomic mass is 15.2. The van der Waals surface area contributed by atoms with E-state index in [4.69, 9.17) is 0 Å². The van der Waals surface area contributed by atoms with E-state index in [-0.39, 0.29) is 0 Å². The van der Waals surface area contributed by atoms with Crippen LogP contribution in [0.2, 0.25) is 0 Å². The van der Waals surface area contributed by atoms with Gasteiger partial charge in [0.15, 0.2) is 0 Å². The van der Waals surface area contributed by atoms with E-state index in [1.54, 1.807) is 0 Å². The number of anilines is 7. The first kappa shape index (κ1) is 39.3. The maximum absolute atomic E-state index is 4.57. The zero-order valence-electron chi connectivity index (χ0n) is 36.0. The summed E-state index contributed by atoms with van der Waals surface area (Å²) < 4.78 is 2.36. The lowest BCUT2D eigenvalue weighted by atomic mass is 10.0. The first-order valence-electron chi connectivity index (χ1n) is 22.2. The normalized spacial score (nSPS) is 13.9. The molecule has 1 aliphatic heterocycles. The van der Waals surface area contributed by atoms with Crippen LogP contribution in [-0.4, -0.2) is 4.57 Å². The van der Waals surface area contributed by atoms with Gasteiger partial charge in [-0.05, 0) is 138 Å². The third-order valence-electron chi connectivity index (χ3n) is 12.3. The third kappa shape index (κ3) is 7.58. The van der Waals surface area contributed by atoms with Crippen LogP contribution in [0.3, 0.4) is 0 Å². The summed E-state index contributed by atoms with van der Waals surface area (Å²) in [6, 6.07) is 84.4. The monoisotopic (exact) mass is 834 g/mol. The van der Waals surface area contributed by atoms with Crippen LogP contribution in [0.15, 0.2) is 273 Å². The average molecular weight is 835 g/mol. The van der Waals surface area contributed by atoms with Crippen molar-refractivity contribution in [2.45, 2.75) is 6.42 Å². The maximum atomic E-state index is 4.57. The van der Waals surface area contributed by atoms with Gasteiger partial charge in [0.25, 0.3) is 0 Å². The van der Waals surface area contributed by atoms with Crippen LogP contribution in [0.5, 0.6) is 0 Å². The summed E-state index contributed by atoms with van der Waals surface area (Å²) in [6.07, 6.45) is 7.41. The molecule has 0 spiro atoms. The second kappa shape index (κ2) is 17.3. The van der Waals surface area contributed by atoms with Crippen molar-refractivity contribution in [3.05, 3.63) is 278 Å². The predicted molar refractivity (Wildman–Crippen MR) is 275 cm³/mol. The molecule has 2 heterocycles. The molecule has 9 aromatic carbocycles. The van der Waals surface area contributed by atoms with Crippen LogP contribution in [-0.2, 0) is 6.42 Å². The topological polar surface area (TPSA) is 14.7 Å². The summed E-state index contributed by atoms with van der Waals surface area (Å²) in [5.74, 6) is 0. The highest BCUT2D eigenvalue weighted by molar-refractivity contribution is 6.10. The Bertz CT molecular complexity index is 3330. The van der Waals surface area contributed by atoms with E-state index in [2.05, 4.69) is 281 Å². The molecule has 0 fully saturated rings. The first-order valence-corrected chi connectivity index (χ1v) is 22.2. The number of fused-ring (bicyclic) bond motifs is 4. The molecule has 1 aliphatic rings. The summed E-state index contributed by atoms with van der Waals surface area (Å²) in [6.45, 7) is 4.57. The van der Waals surface area contributed by atoms with Crippen molar-refractivity contribution in [3.8, 4) is 16.8 Å². The van der Waals surface area contributed by atoms with Crippen LogP contribution in [0.4, 0.5) is 39.8 Å². The SMILES string of the molecule is C=C1/C=C\C(N(c2ccccc2)c2ccc(-c3ccc(N(c4ccccc4)c4ccc5c(c4)c4ccccc4n5-c4ccccc4)cc3)cc2)=C/Cc2ccccc2N1c1ccccc1. The molecule has 0 saturated heterocycles. The first-order chi connectivity index (χ1) is 32.2. The van der Waals surface area contributed by atoms with Gasteiger partial charge in [0.1, 0.15) is 0 Å². The molecule has 0 N–H and O–H groups in total. The number of para-hydroxylation sites is 6. The van der Waals surface area contributed by atoms with Crippen molar-refractivity contribution in [2.75, 3.05) is 14.7 Å². The van der Waals surface area contributed by atoms with E-state index in [9.17, 15) is 0 Å². The average Bonchev–Trinajstić information content (AvgIpc) is 3.73. The van der Waals surface area contributed by atoms with Crippen LogP contribution >= 0.6 is 0 Å². The van der Waals surface area contributed by atoms with Gasteiger partial charge >= 0.3 is 0 Å². The van der Waals surface area contributed by atoms with E-state index in [1.165, 1.54) is 27.4 Å². The van der Waals surface area contributed by atoms with Crippen molar-refractivity contribution in [3.63, 3.8) is 0 Å². The molecular weight excluding hydrogens is 789 g/mol. The molecule has 0 bridgehead atoms. The zero-order valence-corrected chi connectivity index (χ0v) is 36.0. The summed E-state index contributed by atoms with van der Waals surface area (Å²) in [5, 5.41) is 2.45. The molecule has 0 amide bonds. The zero-order chi connectivity index (χ0) is 43.5. The Balaban J connectivity index is 0.930. The number of benzene rings is 9. The van der Waals surface area contributed by atoms with E-state index in [1.807, 2.05) is 0 Å². The molecule has 65 heavy (non-hydrogen) atoms. The van der Waals surface area contributed by atoms with Crippen LogP contribution in [0.25, 0.3) is 38.6 Å². The largest absolute Gasteiger partial charge is 0.311 e. The van der Waals surface area contributed by atoms with Crippen LogP contribution in [0, 0.1) is 0 Å². The fourth-order valence-corrected chi connectivity index (χ4v) is 9.25. The van der Waals surface area contributed by atoms with Gasteiger partial charge in [0.2, 0.25) is 0 Å². The lowest BCUT2D eigenvalue weighted by Gasteiger charge is -2.27. The molecule has 0 saturated carbocycles. The highest BCUT2D eigenvalue weighted by Gasteiger charge is 2.21. The molecule has 0 aliphatic carbocycles. The Kier molecular flexibility index (Phi) is 10.4. The highest BCUT2D eigenvalue weighted by Crippen LogP contribution is 2.41. The van der Waals surface area contributed by atoms with Crippen molar-refractivity contribution in [2.24, 2.45) is 0 Å². The maximum Gasteiger partial charge on any atom is 0.0542 e. The van der Waals surface area contributed by atoms with Gasteiger partial charge in [-0.1, -0.05) is 146 Å². The third-order valence-corrected chi connectivity index (χ3v) is 12.3. The molecule has 0 atom stereocenters. The number of aromatic nitrogens is 1. The number of nitrogens with zero attached hydrogens (tertiary/aromatic N) is 4. The van der Waals surface area contributed by atoms with Gasteiger partial charge in [-0.3, -0.25) is 0 Å². The molecule has 4 heteroatoms. The second-order valence-corrected chi connectivity index (χ2v) is 16.3. The van der Waals surface area contributed by atoms with E-state index < -0.39 is 0 Å². The Morgan fingerprint density at radius 3 is 1.54 bits per heavy atom. The van der Waals surface area contributed by atoms with E-state index >= 15 is 0 Å². The van der Waals surface area contributed by atoms with Crippen LogP contribution in [0.1, 0.15) is 5.56 Å². The van der Waals surface area contributed by atoms with E-state index in [0.717, 1.165) is 74.4 Å². The molecule has 0 radical (unpaired) electrons. The van der Waals surface area contributed by atoms with Gasteiger partial charge in [0.05, 0.1) is 11.0 Å². The fourth-order valence-electron chi connectivity index (χ4n) is 9.25. The number of rotatable bonds is 9. The number of hydrogen-bond donors (Lipinski definition) is 0.